The number of hydrogen-bond donors (Lipinski definition) is 0. The van der Waals surface area contributed by atoms with Crippen LogP contribution in [-0.2, 0) is 0 Å². The Hall–Kier alpha value is -0.650. The second-order valence-electron chi connectivity index (χ2n) is 3.87. The molecule has 0 aliphatic carbocycles. The van der Waals surface area contributed by atoms with Crippen LogP contribution in [0.4, 0.5) is 8.78 Å². The van der Waals surface area contributed by atoms with Gasteiger partial charge >= 0.3 is 6.61 Å². The minimum atomic E-state index is -2.81. The van der Waals surface area contributed by atoms with Crippen molar-refractivity contribution in [1.82, 2.24) is 0 Å². The summed E-state index contributed by atoms with van der Waals surface area (Å²) in [6.45, 7) is -0.818. The molecule has 0 bridgehead atoms. The van der Waals surface area contributed by atoms with Crippen LogP contribution < -0.4 is 4.74 Å². The highest BCUT2D eigenvalue weighted by Crippen LogP contribution is 2.37. The molecular formula is C13H10BrClF2OS. The molecule has 1 aromatic carbocycles. The highest BCUT2D eigenvalue weighted by atomic mass is 79.9. The van der Waals surface area contributed by atoms with Crippen LogP contribution in [0.3, 0.4) is 0 Å². The van der Waals surface area contributed by atoms with Crippen LogP contribution in [0.15, 0.2) is 34.1 Å². The molecule has 0 aliphatic rings. The van der Waals surface area contributed by atoms with Gasteiger partial charge in [0.15, 0.2) is 0 Å². The van der Waals surface area contributed by atoms with Crippen LogP contribution in [0.5, 0.6) is 5.75 Å². The summed E-state index contributed by atoms with van der Waals surface area (Å²) in [4.78, 5) is 1.12. The molecule has 0 saturated carbocycles. The SMILES string of the molecule is Cc1sc(Br)cc1C(Cl)c1ccc(OC(F)F)cc1. The van der Waals surface area contributed by atoms with Gasteiger partial charge in [-0.25, -0.2) is 0 Å². The first-order valence-corrected chi connectivity index (χ1v) is 7.46. The van der Waals surface area contributed by atoms with E-state index in [0.717, 1.165) is 19.8 Å². The average molecular weight is 368 g/mol. The second kappa shape index (κ2) is 6.20. The molecule has 1 unspecified atom stereocenters. The van der Waals surface area contributed by atoms with Crippen LogP contribution in [0.25, 0.3) is 0 Å². The lowest BCUT2D eigenvalue weighted by atomic mass is 10.1. The fourth-order valence-electron chi connectivity index (χ4n) is 1.71. The number of hydrogen-bond acceptors (Lipinski definition) is 2. The molecule has 1 nitrogen and oxygen atoms in total. The van der Waals surface area contributed by atoms with Crippen molar-refractivity contribution < 1.29 is 13.5 Å². The van der Waals surface area contributed by atoms with Gasteiger partial charge in [-0.3, -0.25) is 0 Å². The topological polar surface area (TPSA) is 9.23 Å². The Balaban J connectivity index is 2.20. The van der Waals surface area contributed by atoms with Gasteiger partial charge < -0.3 is 4.74 Å². The molecular weight excluding hydrogens is 358 g/mol. The van der Waals surface area contributed by atoms with Gasteiger partial charge in [0.25, 0.3) is 0 Å². The van der Waals surface area contributed by atoms with E-state index in [1.807, 2.05) is 13.0 Å². The summed E-state index contributed by atoms with van der Waals surface area (Å²) in [5.41, 5.74) is 1.86. The molecule has 0 radical (unpaired) electrons. The lowest BCUT2D eigenvalue weighted by molar-refractivity contribution is -0.0498. The highest BCUT2D eigenvalue weighted by molar-refractivity contribution is 9.11. The van der Waals surface area contributed by atoms with Gasteiger partial charge in [-0.1, -0.05) is 12.1 Å². The monoisotopic (exact) mass is 366 g/mol. The van der Waals surface area contributed by atoms with E-state index in [4.69, 9.17) is 11.6 Å². The van der Waals surface area contributed by atoms with Gasteiger partial charge in [0.05, 0.1) is 9.16 Å². The van der Waals surface area contributed by atoms with E-state index in [1.165, 1.54) is 12.1 Å². The molecule has 0 amide bonds. The van der Waals surface area contributed by atoms with Crippen molar-refractivity contribution in [2.75, 3.05) is 0 Å². The molecule has 2 rings (SSSR count). The molecule has 1 heterocycles. The summed E-state index contributed by atoms with van der Waals surface area (Å²) in [6.07, 6.45) is 0. The van der Waals surface area contributed by atoms with E-state index in [9.17, 15) is 8.78 Å². The fraction of sp³-hybridized carbons (Fsp3) is 0.231. The van der Waals surface area contributed by atoms with Gasteiger partial charge in [-0.05, 0) is 52.2 Å². The van der Waals surface area contributed by atoms with Crippen LogP contribution in [0.1, 0.15) is 21.4 Å². The van der Waals surface area contributed by atoms with Gasteiger partial charge in [0, 0.05) is 4.88 Å². The van der Waals surface area contributed by atoms with E-state index in [0.29, 0.717) is 0 Å². The zero-order valence-corrected chi connectivity index (χ0v) is 13.0. The quantitative estimate of drug-likeness (QED) is 0.625. The van der Waals surface area contributed by atoms with Crippen molar-refractivity contribution in [2.24, 2.45) is 0 Å². The summed E-state index contributed by atoms with van der Waals surface area (Å²) >= 11 is 11.4. The van der Waals surface area contributed by atoms with E-state index in [-0.39, 0.29) is 11.1 Å². The van der Waals surface area contributed by atoms with Gasteiger partial charge in [-0.2, -0.15) is 8.78 Å². The zero-order chi connectivity index (χ0) is 14.0. The van der Waals surface area contributed by atoms with Crippen molar-refractivity contribution in [3.8, 4) is 5.75 Å². The third-order valence-corrected chi connectivity index (χ3v) is 4.65. The Labute approximate surface area is 127 Å². The molecule has 0 spiro atoms. The Bertz CT molecular complexity index is 556. The number of rotatable bonds is 4. The predicted octanol–water partition coefficient (Wildman–Crippen LogP) is 5.75. The smallest absolute Gasteiger partial charge is 0.387 e. The molecule has 0 N–H and O–H groups in total. The van der Waals surface area contributed by atoms with Crippen LogP contribution in [0.2, 0.25) is 0 Å². The van der Waals surface area contributed by atoms with Gasteiger partial charge in [0.1, 0.15) is 5.75 Å². The van der Waals surface area contributed by atoms with Gasteiger partial charge in [-0.15, -0.1) is 22.9 Å². The van der Waals surface area contributed by atoms with E-state index >= 15 is 0 Å². The third-order valence-electron chi connectivity index (χ3n) is 2.60. The standard InChI is InChI=1S/C13H10BrClF2OS/c1-7-10(6-11(14)19-7)12(15)8-2-4-9(5-3-8)18-13(16)17/h2-6,12-13H,1H3. The maximum absolute atomic E-state index is 12.0. The molecule has 0 saturated heterocycles. The van der Waals surface area contributed by atoms with Crippen molar-refractivity contribution in [1.29, 1.82) is 0 Å². The minimum Gasteiger partial charge on any atom is -0.435 e. The minimum absolute atomic E-state index is 0.130. The third kappa shape index (κ3) is 3.68. The number of aryl methyl sites for hydroxylation is 1. The Morgan fingerprint density at radius 3 is 2.37 bits per heavy atom. The van der Waals surface area contributed by atoms with Crippen LogP contribution in [-0.4, -0.2) is 6.61 Å². The number of ether oxygens (including phenoxy) is 1. The van der Waals surface area contributed by atoms with Crippen LogP contribution >= 0.6 is 38.9 Å². The normalized spacial score (nSPS) is 12.7. The first-order chi connectivity index (χ1) is 8.97. The Morgan fingerprint density at radius 1 is 1.26 bits per heavy atom. The van der Waals surface area contributed by atoms with Crippen molar-refractivity contribution in [2.45, 2.75) is 18.9 Å². The largest absolute Gasteiger partial charge is 0.435 e. The second-order valence-corrected chi connectivity index (χ2v) is 6.94. The molecule has 6 heteroatoms. The Morgan fingerprint density at radius 2 is 1.89 bits per heavy atom. The number of benzene rings is 1. The number of halogens is 4. The molecule has 102 valence electrons. The molecule has 0 fully saturated rings. The molecule has 19 heavy (non-hydrogen) atoms. The number of thiophene rings is 1. The summed E-state index contributed by atoms with van der Waals surface area (Å²) in [6, 6.07) is 8.35. The molecule has 0 aliphatic heterocycles. The predicted molar refractivity (Wildman–Crippen MR) is 77.5 cm³/mol. The highest BCUT2D eigenvalue weighted by Gasteiger charge is 2.16. The summed E-state index contributed by atoms with van der Waals surface area (Å²) in [7, 11) is 0. The van der Waals surface area contributed by atoms with E-state index in [2.05, 4.69) is 20.7 Å². The average Bonchev–Trinajstić information content (AvgIpc) is 2.68. The fourth-order valence-corrected chi connectivity index (χ4v) is 3.89. The van der Waals surface area contributed by atoms with Crippen molar-refractivity contribution >= 4 is 38.9 Å². The van der Waals surface area contributed by atoms with Crippen molar-refractivity contribution in [3.63, 3.8) is 0 Å². The lowest BCUT2D eigenvalue weighted by Gasteiger charge is -2.11. The number of alkyl halides is 3. The first kappa shape index (κ1) is 14.8. The summed E-state index contributed by atoms with van der Waals surface area (Å²) in [5.74, 6) is 0.130. The molecule has 2 aromatic rings. The van der Waals surface area contributed by atoms with E-state index < -0.39 is 6.61 Å². The summed E-state index contributed by atoms with van der Waals surface area (Å²) in [5, 5.41) is -0.303. The van der Waals surface area contributed by atoms with Crippen molar-refractivity contribution in [3.05, 3.63) is 50.1 Å². The molecule has 1 atom stereocenters. The summed E-state index contributed by atoms with van der Waals surface area (Å²) < 4.78 is 29.4. The van der Waals surface area contributed by atoms with Crippen LogP contribution in [0, 0.1) is 6.92 Å². The van der Waals surface area contributed by atoms with Gasteiger partial charge in [0.2, 0.25) is 0 Å². The first-order valence-electron chi connectivity index (χ1n) is 5.42. The molecule has 1 aromatic heterocycles. The zero-order valence-electron chi connectivity index (χ0n) is 9.87. The maximum atomic E-state index is 12.0. The van der Waals surface area contributed by atoms with E-state index in [1.54, 1.807) is 23.5 Å². The lowest BCUT2D eigenvalue weighted by Crippen LogP contribution is -2.02. The maximum Gasteiger partial charge on any atom is 0.387 e. The Kier molecular flexibility index (Phi) is 4.81.